The van der Waals surface area contributed by atoms with Gasteiger partial charge in [-0.1, -0.05) is 0 Å². The zero-order chi connectivity index (χ0) is 17.6. The lowest BCUT2D eigenvalue weighted by atomic mass is 10.2. The third-order valence-electron chi connectivity index (χ3n) is 4.03. The fourth-order valence-electron chi connectivity index (χ4n) is 2.52. The minimum absolute atomic E-state index is 0.0653. The van der Waals surface area contributed by atoms with Gasteiger partial charge in [0.15, 0.2) is 9.84 Å². The number of hydrogen-bond acceptors (Lipinski definition) is 6. The summed E-state index contributed by atoms with van der Waals surface area (Å²) in [5, 5.41) is 3.01. The van der Waals surface area contributed by atoms with Gasteiger partial charge in [-0.3, -0.25) is 4.79 Å². The topological polar surface area (TPSA) is 84.9 Å². The lowest BCUT2D eigenvalue weighted by Gasteiger charge is -2.23. The number of amides is 1. The van der Waals surface area contributed by atoms with Crippen molar-refractivity contribution >= 4 is 15.7 Å². The van der Waals surface area contributed by atoms with E-state index < -0.39 is 9.84 Å². The predicted octanol–water partition coefficient (Wildman–Crippen LogP) is 0.309. The van der Waals surface area contributed by atoms with Crippen LogP contribution in [0.15, 0.2) is 24.3 Å². The van der Waals surface area contributed by atoms with E-state index in [1.807, 2.05) is 24.3 Å². The maximum atomic E-state index is 12.1. The molecule has 1 atom stereocenters. The Bertz CT molecular complexity index is 645. The predicted molar refractivity (Wildman–Crippen MR) is 91.2 cm³/mol. The standard InChI is InChI=1S/C16H24N2O5S/c1-18(13-7-10-24(20,21)12-13)16(19)11-17-8-9-23-15-5-3-14(22-2)4-6-15/h3-6,13,17H,7-12H2,1-2H3. The first-order chi connectivity index (χ1) is 11.4. The van der Waals surface area contributed by atoms with E-state index in [9.17, 15) is 13.2 Å². The highest BCUT2D eigenvalue weighted by Crippen LogP contribution is 2.17. The molecule has 1 fully saturated rings. The molecule has 1 heterocycles. The third kappa shape index (κ3) is 5.38. The summed E-state index contributed by atoms with van der Waals surface area (Å²) in [5.74, 6) is 1.62. The molecule has 1 N–H and O–H groups in total. The Morgan fingerprint density at radius 3 is 2.54 bits per heavy atom. The summed E-state index contributed by atoms with van der Waals surface area (Å²) < 4.78 is 33.5. The van der Waals surface area contributed by atoms with E-state index >= 15 is 0 Å². The molecule has 0 radical (unpaired) electrons. The lowest BCUT2D eigenvalue weighted by Crippen LogP contribution is -2.43. The molecule has 0 aromatic heterocycles. The second-order valence-corrected chi connectivity index (χ2v) is 7.99. The van der Waals surface area contributed by atoms with Crippen molar-refractivity contribution in [1.29, 1.82) is 0 Å². The molecule has 8 heteroatoms. The average molecular weight is 356 g/mol. The second kappa shape index (κ2) is 8.34. The molecule has 1 aromatic rings. The van der Waals surface area contributed by atoms with Gasteiger partial charge in [-0.25, -0.2) is 8.42 Å². The van der Waals surface area contributed by atoms with Gasteiger partial charge in [0.25, 0.3) is 0 Å². The number of nitrogens with one attached hydrogen (secondary N) is 1. The second-order valence-electron chi connectivity index (χ2n) is 5.76. The van der Waals surface area contributed by atoms with Crippen LogP contribution >= 0.6 is 0 Å². The van der Waals surface area contributed by atoms with Crippen molar-refractivity contribution in [3.05, 3.63) is 24.3 Å². The van der Waals surface area contributed by atoms with Gasteiger partial charge in [-0.05, 0) is 30.7 Å². The van der Waals surface area contributed by atoms with Crippen molar-refractivity contribution < 1.29 is 22.7 Å². The molecule has 2 rings (SSSR count). The maximum absolute atomic E-state index is 12.1. The molecule has 1 aromatic carbocycles. The van der Waals surface area contributed by atoms with Crippen LogP contribution in [0.2, 0.25) is 0 Å². The van der Waals surface area contributed by atoms with Gasteiger partial charge in [0.1, 0.15) is 18.1 Å². The molecule has 0 spiro atoms. The molecule has 0 aliphatic carbocycles. The molecule has 7 nitrogen and oxygen atoms in total. The van der Waals surface area contributed by atoms with Crippen LogP contribution in [-0.2, 0) is 14.6 Å². The minimum atomic E-state index is -2.98. The van der Waals surface area contributed by atoms with Gasteiger partial charge in [-0.15, -0.1) is 0 Å². The zero-order valence-electron chi connectivity index (χ0n) is 14.0. The van der Waals surface area contributed by atoms with Crippen molar-refractivity contribution in [1.82, 2.24) is 10.2 Å². The Balaban J connectivity index is 1.63. The van der Waals surface area contributed by atoms with Crippen molar-refractivity contribution in [2.75, 3.05) is 45.4 Å². The molecule has 1 aliphatic rings. The number of carbonyl (C=O) groups is 1. The molecule has 1 aliphatic heterocycles. The summed E-state index contributed by atoms with van der Waals surface area (Å²) in [6.07, 6.45) is 0.519. The van der Waals surface area contributed by atoms with E-state index in [-0.39, 0.29) is 30.0 Å². The van der Waals surface area contributed by atoms with Crippen LogP contribution in [0.5, 0.6) is 11.5 Å². The van der Waals surface area contributed by atoms with E-state index in [0.29, 0.717) is 19.6 Å². The summed E-state index contributed by atoms with van der Waals surface area (Å²) in [7, 11) is 0.280. The number of hydrogen-bond donors (Lipinski definition) is 1. The number of likely N-dealkylation sites (N-methyl/N-ethyl adjacent to an activating group) is 1. The normalized spacial score (nSPS) is 19.0. The van der Waals surface area contributed by atoms with Crippen LogP contribution < -0.4 is 14.8 Å². The summed E-state index contributed by atoms with van der Waals surface area (Å²) in [4.78, 5) is 13.6. The average Bonchev–Trinajstić information content (AvgIpc) is 2.94. The van der Waals surface area contributed by atoms with Crippen LogP contribution in [0.3, 0.4) is 0 Å². The molecule has 134 valence electrons. The SMILES string of the molecule is COc1ccc(OCCNCC(=O)N(C)C2CCS(=O)(=O)C2)cc1. The van der Waals surface area contributed by atoms with Gasteiger partial charge in [0.2, 0.25) is 5.91 Å². The Hall–Kier alpha value is -1.80. The van der Waals surface area contributed by atoms with Crippen molar-refractivity contribution in [2.45, 2.75) is 12.5 Å². The van der Waals surface area contributed by atoms with Crippen LogP contribution in [0.1, 0.15) is 6.42 Å². The number of carbonyl (C=O) groups excluding carboxylic acids is 1. The molecular weight excluding hydrogens is 332 g/mol. The van der Waals surface area contributed by atoms with Crippen molar-refractivity contribution in [3.63, 3.8) is 0 Å². The van der Waals surface area contributed by atoms with Gasteiger partial charge in [-0.2, -0.15) is 0 Å². The molecule has 1 unspecified atom stereocenters. The van der Waals surface area contributed by atoms with E-state index in [1.165, 1.54) is 4.90 Å². The Labute approximate surface area is 142 Å². The zero-order valence-corrected chi connectivity index (χ0v) is 14.8. The molecule has 1 amide bonds. The number of methoxy groups -OCH3 is 1. The Morgan fingerprint density at radius 1 is 1.29 bits per heavy atom. The molecule has 1 saturated heterocycles. The molecule has 24 heavy (non-hydrogen) atoms. The van der Waals surface area contributed by atoms with Crippen molar-refractivity contribution in [3.8, 4) is 11.5 Å². The number of rotatable bonds is 8. The van der Waals surface area contributed by atoms with E-state index in [1.54, 1.807) is 14.2 Å². The fraction of sp³-hybridized carbons (Fsp3) is 0.562. The van der Waals surface area contributed by atoms with Gasteiger partial charge >= 0.3 is 0 Å². The molecule has 0 bridgehead atoms. The van der Waals surface area contributed by atoms with Crippen LogP contribution in [0, 0.1) is 0 Å². The van der Waals surface area contributed by atoms with Crippen LogP contribution in [0.4, 0.5) is 0 Å². The summed E-state index contributed by atoms with van der Waals surface area (Å²) >= 11 is 0. The quantitative estimate of drug-likeness (QED) is 0.675. The smallest absolute Gasteiger partial charge is 0.236 e. The van der Waals surface area contributed by atoms with E-state index in [2.05, 4.69) is 5.32 Å². The molecular formula is C16H24N2O5S. The Morgan fingerprint density at radius 2 is 1.96 bits per heavy atom. The van der Waals surface area contributed by atoms with Crippen molar-refractivity contribution in [2.24, 2.45) is 0 Å². The van der Waals surface area contributed by atoms with Gasteiger partial charge in [0, 0.05) is 19.6 Å². The third-order valence-corrected chi connectivity index (χ3v) is 5.78. The first-order valence-corrected chi connectivity index (χ1v) is 9.67. The van der Waals surface area contributed by atoms with Gasteiger partial charge in [0.05, 0.1) is 25.2 Å². The van der Waals surface area contributed by atoms with Crippen LogP contribution in [0.25, 0.3) is 0 Å². The highest BCUT2D eigenvalue weighted by molar-refractivity contribution is 7.91. The Kier molecular flexibility index (Phi) is 6.44. The monoisotopic (exact) mass is 356 g/mol. The summed E-state index contributed by atoms with van der Waals surface area (Å²) in [6, 6.07) is 7.06. The van der Waals surface area contributed by atoms with Crippen LogP contribution in [-0.4, -0.2) is 70.6 Å². The first kappa shape index (κ1) is 18.5. The van der Waals surface area contributed by atoms with E-state index in [0.717, 1.165) is 11.5 Å². The number of sulfone groups is 1. The summed E-state index contributed by atoms with van der Waals surface area (Å²) in [6.45, 7) is 1.12. The summed E-state index contributed by atoms with van der Waals surface area (Å²) in [5.41, 5.74) is 0. The highest BCUT2D eigenvalue weighted by Gasteiger charge is 2.32. The highest BCUT2D eigenvalue weighted by atomic mass is 32.2. The largest absolute Gasteiger partial charge is 0.497 e. The molecule has 0 saturated carbocycles. The van der Waals surface area contributed by atoms with E-state index in [4.69, 9.17) is 9.47 Å². The lowest BCUT2D eigenvalue weighted by molar-refractivity contribution is -0.130. The number of ether oxygens (including phenoxy) is 2. The fourth-order valence-corrected chi connectivity index (χ4v) is 4.29. The number of nitrogens with zero attached hydrogens (tertiary/aromatic N) is 1. The minimum Gasteiger partial charge on any atom is -0.497 e. The number of benzene rings is 1. The first-order valence-electron chi connectivity index (χ1n) is 7.85. The van der Waals surface area contributed by atoms with Gasteiger partial charge < -0.3 is 19.7 Å². The maximum Gasteiger partial charge on any atom is 0.236 e.